The van der Waals surface area contributed by atoms with Crippen LogP contribution >= 0.6 is 0 Å². The van der Waals surface area contributed by atoms with Gasteiger partial charge in [0.05, 0.1) is 5.69 Å². The lowest BCUT2D eigenvalue weighted by atomic mass is 10.1. The van der Waals surface area contributed by atoms with E-state index in [9.17, 15) is 4.79 Å². The summed E-state index contributed by atoms with van der Waals surface area (Å²) in [6.07, 6.45) is -0.324. The Morgan fingerprint density at radius 1 is 1.05 bits per heavy atom. The third-order valence-corrected chi connectivity index (χ3v) is 3.15. The molecule has 3 heteroatoms. The van der Waals surface area contributed by atoms with Crippen molar-refractivity contribution in [2.45, 2.75) is 46.1 Å². The van der Waals surface area contributed by atoms with E-state index in [0.29, 0.717) is 0 Å². The summed E-state index contributed by atoms with van der Waals surface area (Å²) in [5.41, 5.74) is 2.33. The molecule has 2 aromatic rings. The first-order valence-electron chi connectivity index (χ1n) is 7.30. The summed E-state index contributed by atoms with van der Waals surface area (Å²) >= 11 is 0. The molecule has 3 nitrogen and oxygen atoms in total. The van der Waals surface area contributed by atoms with Crippen LogP contribution in [0.25, 0.3) is 11.3 Å². The Bertz CT molecular complexity index is 618. The van der Waals surface area contributed by atoms with Crippen LogP contribution < -0.4 is 0 Å². The molecule has 0 saturated carbocycles. The smallest absolute Gasteiger partial charge is 0.419 e. The molecular weight excluding hydrogens is 262 g/mol. The lowest BCUT2D eigenvalue weighted by molar-refractivity contribution is 0.0534. The van der Waals surface area contributed by atoms with Crippen LogP contribution in [0.1, 0.15) is 46.2 Å². The van der Waals surface area contributed by atoms with Crippen LogP contribution in [0.2, 0.25) is 0 Å². The van der Waals surface area contributed by atoms with Gasteiger partial charge in [-0.1, -0.05) is 44.2 Å². The Hall–Kier alpha value is -2.03. The molecule has 0 N–H and O–H groups in total. The topological polar surface area (TPSA) is 31.2 Å². The number of hydrogen-bond donors (Lipinski definition) is 0. The zero-order chi connectivity index (χ0) is 15.6. The van der Waals surface area contributed by atoms with Crippen LogP contribution in [0.5, 0.6) is 0 Å². The van der Waals surface area contributed by atoms with Gasteiger partial charge < -0.3 is 4.74 Å². The van der Waals surface area contributed by atoms with Crippen molar-refractivity contribution in [2.75, 3.05) is 0 Å². The van der Waals surface area contributed by atoms with Gasteiger partial charge in [0, 0.05) is 5.69 Å². The third-order valence-electron chi connectivity index (χ3n) is 3.15. The number of benzene rings is 1. The summed E-state index contributed by atoms with van der Waals surface area (Å²) in [4.78, 5) is 12.6. The average Bonchev–Trinajstić information content (AvgIpc) is 2.82. The Kier molecular flexibility index (Phi) is 4.21. The monoisotopic (exact) mass is 285 g/mol. The highest BCUT2D eigenvalue weighted by Crippen LogP contribution is 2.27. The Labute approximate surface area is 126 Å². The standard InChI is InChI=1S/C18H23NO2/c1-13(2)15-11-12-16(14-9-7-6-8-10-14)19(15)17(20)21-18(3,4)5/h6-13H,1-5H3. The third kappa shape index (κ3) is 3.54. The van der Waals surface area contributed by atoms with E-state index in [1.807, 2.05) is 63.2 Å². The molecule has 1 heterocycles. The molecule has 0 aliphatic carbocycles. The molecule has 0 spiro atoms. The summed E-state index contributed by atoms with van der Waals surface area (Å²) < 4.78 is 7.24. The molecule has 1 aromatic heterocycles. The van der Waals surface area contributed by atoms with Crippen molar-refractivity contribution < 1.29 is 9.53 Å². The van der Waals surface area contributed by atoms with E-state index in [1.54, 1.807) is 4.57 Å². The van der Waals surface area contributed by atoms with Crippen LogP contribution in [-0.2, 0) is 4.74 Å². The zero-order valence-corrected chi connectivity index (χ0v) is 13.4. The Balaban J connectivity index is 2.51. The molecule has 0 atom stereocenters. The first-order chi connectivity index (χ1) is 9.79. The van der Waals surface area contributed by atoms with Gasteiger partial charge in [0.15, 0.2) is 0 Å². The summed E-state index contributed by atoms with van der Waals surface area (Å²) in [6, 6.07) is 13.9. The fraction of sp³-hybridized carbons (Fsp3) is 0.389. The largest absolute Gasteiger partial charge is 0.443 e. The maximum atomic E-state index is 12.6. The molecule has 1 aromatic carbocycles. The Morgan fingerprint density at radius 3 is 2.19 bits per heavy atom. The van der Waals surface area contributed by atoms with Crippen molar-refractivity contribution in [1.82, 2.24) is 4.57 Å². The van der Waals surface area contributed by atoms with E-state index in [4.69, 9.17) is 4.74 Å². The fourth-order valence-electron chi connectivity index (χ4n) is 2.25. The molecular formula is C18H23NO2. The van der Waals surface area contributed by atoms with Gasteiger partial charge in [0.1, 0.15) is 5.60 Å². The second-order valence-electron chi connectivity index (χ2n) is 6.48. The van der Waals surface area contributed by atoms with Gasteiger partial charge in [0.25, 0.3) is 0 Å². The Morgan fingerprint density at radius 2 is 1.67 bits per heavy atom. The van der Waals surface area contributed by atoms with E-state index < -0.39 is 5.60 Å². The number of carbonyl (C=O) groups is 1. The van der Waals surface area contributed by atoms with Gasteiger partial charge in [-0.3, -0.25) is 0 Å². The lowest BCUT2D eigenvalue weighted by Crippen LogP contribution is -2.28. The van der Waals surface area contributed by atoms with Crippen LogP contribution in [0.15, 0.2) is 42.5 Å². The highest BCUT2D eigenvalue weighted by atomic mass is 16.6. The number of nitrogens with zero attached hydrogens (tertiary/aromatic N) is 1. The molecule has 0 unspecified atom stereocenters. The van der Waals surface area contributed by atoms with E-state index >= 15 is 0 Å². The van der Waals surface area contributed by atoms with Crippen LogP contribution in [0.4, 0.5) is 4.79 Å². The van der Waals surface area contributed by atoms with Gasteiger partial charge in [-0.25, -0.2) is 9.36 Å². The zero-order valence-electron chi connectivity index (χ0n) is 13.4. The van der Waals surface area contributed by atoms with Crippen LogP contribution in [0.3, 0.4) is 0 Å². The SMILES string of the molecule is CC(C)c1ccc(-c2ccccc2)n1C(=O)OC(C)(C)C. The van der Waals surface area contributed by atoms with Crippen molar-refractivity contribution in [3.63, 3.8) is 0 Å². The molecule has 0 saturated heterocycles. The normalized spacial score (nSPS) is 11.7. The number of hydrogen-bond acceptors (Lipinski definition) is 2. The highest BCUT2D eigenvalue weighted by molar-refractivity contribution is 5.80. The van der Waals surface area contributed by atoms with Gasteiger partial charge in [-0.2, -0.15) is 0 Å². The summed E-state index contributed by atoms with van der Waals surface area (Å²) in [7, 11) is 0. The van der Waals surface area contributed by atoms with E-state index in [0.717, 1.165) is 17.0 Å². The number of carbonyl (C=O) groups excluding carboxylic acids is 1. The maximum Gasteiger partial charge on any atom is 0.419 e. The van der Waals surface area contributed by atoms with Crippen molar-refractivity contribution in [1.29, 1.82) is 0 Å². The molecule has 0 bridgehead atoms. The molecule has 2 rings (SSSR count). The van der Waals surface area contributed by atoms with Crippen molar-refractivity contribution in [2.24, 2.45) is 0 Å². The van der Waals surface area contributed by atoms with Gasteiger partial charge in [0.2, 0.25) is 0 Å². The second kappa shape index (κ2) is 5.76. The summed E-state index contributed by atoms with van der Waals surface area (Å²) in [5, 5.41) is 0. The predicted molar refractivity (Wildman–Crippen MR) is 85.6 cm³/mol. The average molecular weight is 285 g/mol. The molecule has 0 radical (unpaired) electrons. The minimum atomic E-state index is -0.510. The number of aromatic nitrogens is 1. The molecule has 0 amide bonds. The first kappa shape index (κ1) is 15.4. The summed E-state index contributed by atoms with van der Waals surface area (Å²) in [5.74, 6) is 0.245. The molecule has 0 fully saturated rings. The maximum absolute atomic E-state index is 12.6. The van der Waals surface area contributed by atoms with Crippen molar-refractivity contribution in [3.8, 4) is 11.3 Å². The first-order valence-corrected chi connectivity index (χ1v) is 7.30. The van der Waals surface area contributed by atoms with Crippen LogP contribution in [-0.4, -0.2) is 16.3 Å². The highest BCUT2D eigenvalue weighted by Gasteiger charge is 2.23. The predicted octanol–water partition coefficient (Wildman–Crippen LogP) is 5.06. The molecule has 21 heavy (non-hydrogen) atoms. The fourth-order valence-corrected chi connectivity index (χ4v) is 2.25. The second-order valence-corrected chi connectivity index (χ2v) is 6.48. The number of ether oxygens (including phenoxy) is 1. The summed E-state index contributed by atoms with van der Waals surface area (Å²) in [6.45, 7) is 9.79. The molecule has 0 aliphatic heterocycles. The van der Waals surface area contributed by atoms with Gasteiger partial charge >= 0.3 is 6.09 Å². The van der Waals surface area contributed by atoms with Gasteiger partial charge in [-0.05, 0) is 44.4 Å². The van der Waals surface area contributed by atoms with E-state index in [1.165, 1.54) is 0 Å². The minimum absolute atomic E-state index is 0.245. The minimum Gasteiger partial charge on any atom is -0.443 e. The van der Waals surface area contributed by atoms with Crippen molar-refractivity contribution in [3.05, 3.63) is 48.2 Å². The van der Waals surface area contributed by atoms with E-state index in [-0.39, 0.29) is 12.0 Å². The van der Waals surface area contributed by atoms with Crippen molar-refractivity contribution >= 4 is 6.09 Å². The van der Waals surface area contributed by atoms with E-state index in [2.05, 4.69) is 13.8 Å². The molecule has 0 aliphatic rings. The molecule has 112 valence electrons. The lowest BCUT2D eigenvalue weighted by Gasteiger charge is -2.22. The van der Waals surface area contributed by atoms with Crippen LogP contribution in [0, 0.1) is 0 Å². The van der Waals surface area contributed by atoms with Gasteiger partial charge in [-0.15, -0.1) is 0 Å². The quantitative estimate of drug-likeness (QED) is 0.772. The number of rotatable bonds is 2.